The molecule has 0 aliphatic heterocycles. The van der Waals surface area contributed by atoms with Crippen molar-refractivity contribution >= 4 is 5.78 Å². The fourth-order valence-corrected chi connectivity index (χ4v) is 1.95. The van der Waals surface area contributed by atoms with E-state index in [9.17, 15) is 4.79 Å². The molecule has 1 N–H and O–H groups in total. The summed E-state index contributed by atoms with van der Waals surface area (Å²) in [5.41, 5.74) is 2.47. The lowest BCUT2D eigenvalue weighted by Gasteiger charge is -2.04. The molecule has 18 heavy (non-hydrogen) atoms. The van der Waals surface area contributed by atoms with Gasteiger partial charge >= 0.3 is 0 Å². The molecule has 1 aromatic rings. The van der Waals surface area contributed by atoms with Crippen molar-refractivity contribution in [2.75, 3.05) is 6.54 Å². The highest BCUT2D eigenvalue weighted by Crippen LogP contribution is 2.09. The second-order valence-electron chi connectivity index (χ2n) is 4.66. The Morgan fingerprint density at radius 1 is 1.17 bits per heavy atom. The largest absolute Gasteiger partial charge is 0.391 e. The number of aryl methyl sites for hydroxylation is 1. The van der Waals surface area contributed by atoms with Crippen molar-refractivity contribution in [2.24, 2.45) is 0 Å². The van der Waals surface area contributed by atoms with Gasteiger partial charge in [-0.3, -0.25) is 4.79 Å². The molecule has 1 aromatic carbocycles. The molecule has 0 aliphatic carbocycles. The molecule has 0 aromatic heterocycles. The van der Waals surface area contributed by atoms with E-state index in [0.29, 0.717) is 6.42 Å². The number of rotatable bonds is 9. The van der Waals surface area contributed by atoms with Gasteiger partial charge in [0.05, 0.1) is 0 Å². The zero-order valence-corrected chi connectivity index (χ0v) is 11.2. The van der Waals surface area contributed by atoms with Crippen molar-refractivity contribution in [1.29, 1.82) is 0 Å². The van der Waals surface area contributed by atoms with Gasteiger partial charge in [0.25, 0.3) is 0 Å². The normalized spacial score (nSPS) is 10.1. The number of carbonyl (C=O) groups is 1. The van der Waals surface area contributed by atoms with Crippen LogP contribution in [0.3, 0.4) is 0 Å². The van der Waals surface area contributed by atoms with Crippen LogP contribution in [0.2, 0.25) is 0 Å². The minimum Gasteiger partial charge on any atom is -0.391 e. The Bertz CT molecular complexity index is 367. The average Bonchev–Trinajstić information content (AvgIpc) is 2.35. The Labute approximate surface area is 110 Å². The van der Waals surface area contributed by atoms with Crippen LogP contribution >= 0.6 is 0 Å². The predicted octanol–water partition coefficient (Wildman–Crippen LogP) is 3.26. The molecule has 0 heterocycles. The molecule has 1 rings (SSSR count). The molecular formula is C16H23NO. The molecule has 0 saturated carbocycles. The summed E-state index contributed by atoms with van der Waals surface area (Å²) in [5.74, 6) is 0.220. The van der Waals surface area contributed by atoms with Crippen LogP contribution in [-0.4, -0.2) is 12.3 Å². The summed E-state index contributed by atoms with van der Waals surface area (Å²) in [4.78, 5) is 11.0. The summed E-state index contributed by atoms with van der Waals surface area (Å²) < 4.78 is 0. The van der Waals surface area contributed by atoms with Crippen LogP contribution in [-0.2, 0) is 17.6 Å². The molecule has 0 atom stereocenters. The van der Waals surface area contributed by atoms with E-state index in [2.05, 4.69) is 36.2 Å². The lowest BCUT2D eigenvalue weighted by Crippen LogP contribution is -2.05. The number of ketones is 1. The van der Waals surface area contributed by atoms with Crippen molar-refractivity contribution in [2.45, 2.75) is 39.0 Å². The van der Waals surface area contributed by atoms with Gasteiger partial charge in [0.2, 0.25) is 0 Å². The Hall–Kier alpha value is -1.57. The van der Waals surface area contributed by atoms with Gasteiger partial charge in [-0.2, -0.15) is 0 Å². The topological polar surface area (TPSA) is 29.1 Å². The molecule has 0 radical (unpaired) electrons. The minimum absolute atomic E-state index is 0.220. The zero-order valence-electron chi connectivity index (χ0n) is 11.2. The Kier molecular flexibility index (Phi) is 6.85. The SMILES string of the molecule is C=CNCCCCCc1ccc(CC(C)=O)cc1. The Balaban J connectivity index is 2.22. The van der Waals surface area contributed by atoms with E-state index in [-0.39, 0.29) is 5.78 Å². The first kappa shape index (κ1) is 14.5. The number of unbranched alkanes of at least 4 members (excludes halogenated alkanes) is 2. The van der Waals surface area contributed by atoms with E-state index in [1.165, 1.54) is 24.8 Å². The fraction of sp³-hybridized carbons (Fsp3) is 0.438. The second-order valence-corrected chi connectivity index (χ2v) is 4.66. The summed E-state index contributed by atoms with van der Waals surface area (Å²) in [5, 5.41) is 3.10. The third kappa shape index (κ3) is 6.24. The van der Waals surface area contributed by atoms with Crippen LogP contribution in [0, 0.1) is 0 Å². The quantitative estimate of drug-likeness (QED) is 0.677. The molecular weight excluding hydrogens is 222 g/mol. The van der Waals surface area contributed by atoms with Crippen LogP contribution in [0.15, 0.2) is 37.0 Å². The first-order chi connectivity index (χ1) is 8.72. The number of benzene rings is 1. The molecule has 2 nitrogen and oxygen atoms in total. The second kappa shape index (κ2) is 8.51. The van der Waals surface area contributed by atoms with Crippen molar-refractivity contribution in [3.8, 4) is 0 Å². The van der Waals surface area contributed by atoms with Crippen molar-refractivity contribution in [1.82, 2.24) is 5.32 Å². The monoisotopic (exact) mass is 245 g/mol. The summed E-state index contributed by atoms with van der Waals surface area (Å²) in [6.07, 6.45) is 7.05. The molecule has 0 fully saturated rings. The number of hydrogen-bond donors (Lipinski definition) is 1. The van der Waals surface area contributed by atoms with Crippen LogP contribution in [0.5, 0.6) is 0 Å². The average molecular weight is 245 g/mol. The lowest BCUT2D eigenvalue weighted by atomic mass is 10.0. The molecule has 0 bridgehead atoms. The zero-order chi connectivity index (χ0) is 13.2. The van der Waals surface area contributed by atoms with Gasteiger partial charge in [-0.25, -0.2) is 0 Å². The highest BCUT2D eigenvalue weighted by molar-refractivity contribution is 5.78. The highest BCUT2D eigenvalue weighted by atomic mass is 16.1. The minimum atomic E-state index is 0.220. The Morgan fingerprint density at radius 3 is 2.44 bits per heavy atom. The molecule has 0 unspecified atom stereocenters. The van der Waals surface area contributed by atoms with E-state index >= 15 is 0 Å². The Morgan fingerprint density at radius 2 is 1.83 bits per heavy atom. The summed E-state index contributed by atoms with van der Waals surface area (Å²) in [6.45, 7) is 6.26. The third-order valence-electron chi connectivity index (χ3n) is 2.91. The first-order valence-electron chi connectivity index (χ1n) is 6.64. The maximum absolute atomic E-state index is 11.0. The molecule has 0 amide bonds. The van der Waals surface area contributed by atoms with Crippen molar-refractivity contribution in [3.05, 3.63) is 48.2 Å². The highest BCUT2D eigenvalue weighted by Gasteiger charge is 1.98. The van der Waals surface area contributed by atoms with Gasteiger partial charge in [-0.1, -0.05) is 37.3 Å². The molecule has 0 saturated heterocycles. The summed E-state index contributed by atoms with van der Waals surface area (Å²) in [6, 6.07) is 8.41. The number of carbonyl (C=O) groups excluding carboxylic acids is 1. The number of hydrogen-bond acceptors (Lipinski definition) is 2. The van der Waals surface area contributed by atoms with E-state index in [0.717, 1.165) is 18.5 Å². The van der Waals surface area contributed by atoms with Gasteiger partial charge in [0.15, 0.2) is 0 Å². The van der Waals surface area contributed by atoms with Crippen molar-refractivity contribution in [3.63, 3.8) is 0 Å². The number of Topliss-reactive ketones (excluding diaryl/α,β-unsaturated/α-hetero) is 1. The molecule has 98 valence electrons. The van der Waals surface area contributed by atoms with Crippen LogP contribution in [0.4, 0.5) is 0 Å². The predicted molar refractivity (Wildman–Crippen MR) is 76.6 cm³/mol. The van der Waals surface area contributed by atoms with Crippen LogP contribution in [0.1, 0.15) is 37.3 Å². The van der Waals surface area contributed by atoms with Gasteiger partial charge in [0, 0.05) is 13.0 Å². The van der Waals surface area contributed by atoms with E-state index in [1.54, 1.807) is 13.1 Å². The van der Waals surface area contributed by atoms with Gasteiger partial charge < -0.3 is 5.32 Å². The first-order valence-corrected chi connectivity index (χ1v) is 6.64. The van der Waals surface area contributed by atoms with Gasteiger partial charge in [-0.15, -0.1) is 0 Å². The van der Waals surface area contributed by atoms with Crippen LogP contribution < -0.4 is 5.32 Å². The van der Waals surface area contributed by atoms with Crippen molar-refractivity contribution < 1.29 is 4.79 Å². The maximum atomic E-state index is 11.0. The maximum Gasteiger partial charge on any atom is 0.134 e. The molecule has 0 spiro atoms. The van der Waals surface area contributed by atoms with E-state index < -0.39 is 0 Å². The van der Waals surface area contributed by atoms with E-state index in [4.69, 9.17) is 0 Å². The number of nitrogens with one attached hydrogen (secondary N) is 1. The molecule has 0 aliphatic rings. The standard InChI is InChI=1S/C16H23NO/c1-3-17-12-6-4-5-7-15-8-10-16(11-9-15)13-14(2)18/h3,8-11,17H,1,4-7,12-13H2,2H3. The van der Waals surface area contributed by atoms with Crippen LogP contribution in [0.25, 0.3) is 0 Å². The fourth-order valence-electron chi connectivity index (χ4n) is 1.95. The smallest absolute Gasteiger partial charge is 0.134 e. The van der Waals surface area contributed by atoms with Gasteiger partial charge in [0.1, 0.15) is 5.78 Å². The third-order valence-corrected chi connectivity index (χ3v) is 2.91. The lowest BCUT2D eigenvalue weighted by molar-refractivity contribution is -0.116. The van der Waals surface area contributed by atoms with Gasteiger partial charge in [-0.05, 0) is 43.5 Å². The van der Waals surface area contributed by atoms with E-state index in [1.807, 2.05) is 0 Å². The summed E-state index contributed by atoms with van der Waals surface area (Å²) in [7, 11) is 0. The summed E-state index contributed by atoms with van der Waals surface area (Å²) >= 11 is 0. The molecule has 2 heteroatoms.